The zero-order valence-electron chi connectivity index (χ0n) is 10.8. The van der Waals surface area contributed by atoms with E-state index < -0.39 is 12.2 Å². The van der Waals surface area contributed by atoms with Gasteiger partial charge < -0.3 is 10.2 Å². The standard InChI is InChI=1S/C14H14ClNO3S/c1-8(17)20-7-12(18)13(19)10-6-9-4-2-3-5-11(9)16-14(10)15/h2-6,12-13,18-19H,7H2,1H3. The molecule has 0 spiro atoms. The first kappa shape index (κ1) is 15.3. The van der Waals surface area contributed by atoms with Crippen molar-refractivity contribution in [2.24, 2.45) is 0 Å². The largest absolute Gasteiger partial charge is 0.389 e. The molecule has 1 aromatic heterocycles. The van der Waals surface area contributed by atoms with E-state index in [1.165, 1.54) is 6.92 Å². The van der Waals surface area contributed by atoms with Gasteiger partial charge in [-0.2, -0.15) is 0 Å². The number of aromatic nitrogens is 1. The number of carbonyl (C=O) groups excluding carboxylic acids is 1. The van der Waals surface area contributed by atoms with Crippen LogP contribution in [0.15, 0.2) is 30.3 Å². The minimum atomic E-state index is -1.17. The summed E-state index contributed by atoms with van der Waals surface area (Å²) in [7, 11) is 0. The quantitative estimate of drug-likeness (QED) is 0.849. The first-order valence-corrected chi connectivity index (χ1v) is 7.40. The van der Waals surface area contributed by atoms with Crippen LogP contribution in [0.4, 0.5) is 0 Å². The lowest BCUT2D eigenvalue weighted by Gasteiger charge is -2.18. The summed E-state index contributed by atoms with van der Waals surface area (Å²) in [4.78, 5) is 15.1. The van der Waals surface area contributed by atoms with Gasteiger partial charge in [0.1, 0.15) is 11.3 Å². The van der Waals surface area contributed by atoms with Gasteiger partial charge in [0.15, 0.2) is 5.12 Å². The lowest BCUT2D eigenvalue weighted by molar-refractivity contribution is -0.109. The summed E-state index contributed by atoms with van der Waals surface area (Å²) in [6.45, 7) is 1.41. The highest BCUT2D eigenvalue weighted by Gasteiger charge is 2.22. The Labute approximate surface area is 125 Å². The van der Waals surface area contributed by atoms with Gasteiger partial charge in [-0.1, -0.05) is 41.6 Å². The Hall–Kier alpha value is -1.14. The number of carbonyl (C=O) groups is 1. The molecular formula is C14H14ClNO3S. The number of nitrogens with zero attached hydrogens (tertiary/aromatic N) is 1. The maximum Gasteiger partial charge on any atom is 0.185 e. The molecule has 0 amide bonds. The fourth-order valence-corrected chi connectivity index (χ4v) is 2.66. The highest BCUT2D eigenvalue weighted by atomic mass is 35.5. The van der Waals surface area contributed by atoms with E-state index in [2.05, 4.69) is 4.98 Å². The van der Waals surface area contributed by atoms with Crippen molar-refractivity contribution in [3.05, 3.63) is 41.0 Å². The number of para-hydroxylation sites is 1. The number of thioether (sulfide) groups is 1. The van der Waals surface area contributed by atoms with Crippen LogP contribution in [-0.4, -0.2) is 32.2 Å². The Kier molecular flexibility index (Phi) is 4.99. The maximum atomic E-state index is 10.9. The molecule has 2 unspecified atom stereocenters. The van der Waals surface area contributed by atoms with Gasteiger partial charge in [-0.25, -0.2) is 4.98 Å². The fraction of sp³-hybridized carbons (Fsp3) is 0.286. The molecule has 0 aliphatic heterocycles. The number of hydrogen-bond acceptors (Lipinski definition) is 5. The molecule has 4 nitrogen and oxygen atoms in total. The molecule has 2 aromatic rings. The van der Waals surface area contributed by atoms with Gasteiger partial charge in [-0.3, -0.25) is 4.79 Å². The van der Waals surface area contributed by atoms with Crippen molar-refractivity contribution in [2.45, 2.75) is 19.1 Å². The summed E-state index contributed by atoms with van der Waals surface area (Å²) < 4.78 is 0. The number of hydrogen-bond donors (Lipinski definition) is 2. The van der Waals surface area contributed by atoms with Crippen LogP contribution in [0.2, 0.25) is 5.15 Å². The van der Waals surface area contributed by atoms with Crippen molar-refractivity contribution in [3.8, 4) is 0 Å². The van der Waals surface area contributed by atoms with E-state index in [-0.39, 0.29) is 16.0 Å². The van der Waals surface area contributed by atoms with Gasteiger partial charge in [-0.15, -0.1) is 0 Å². The van der Waals surface area contributed by atoms with E-state index in [0.717, 1.165) is 22.7 Å². The minimum absolute atomic E-state index is 0.111. The minimum Gasteiger partial charge on any atom is -0.389 e. The maximum absolute atomic E-state index is 10.9. The molecule has 2 rings (SSSR count). The summed E-state index contributed by atoms with van der Waals surface area (Å²) in [6.07, 6.45) is -2.25. The second-order valence-electron chi connectivity index (χ2n) is 4.38. The molecule has 2 atom stereocenters. The summed E-state index contributed by atoms with van der Waals surface area (Å²) in [6, 6.07) is 9.08. The molecule has 0 saturated heterocycles. The van der Waals surface area contributed by atoms with Crippen molar-refractivity contribution in [1.82, 2.24) is 4.98 Å². The number of fused-ring (bicyclic) bond motifs is 1. The van der Waals surface area contributed by atoms with Crippen LogP contribution in [0.1, 0.15) is 18.6 Å². The summed E-state index contributed by atoms with van der Waals surface area (Å²) in [5, 5.41) is 20.9. The number of aliphatic hydroxyl groups is 2. The second kappa shape index (κ2) is 6.54. The number of halogens is 1. The van der Waals surface area contributed by atoms with Crippen LogP contribution in [0.25, 0.3) is 10.9 Å². The molecular weight excluding hydrogens is 298 g/mol. The number of benzene rings is 1. The second-order valence-corrected chi connectivity index (χ2v) is 5.93. The molecule has 20 heavy (non-hydrogen) atoms. The Balaban J connectivity index is 2.26. The van der Waals surface area contributed by atoms with Crippen LogP contribution >= 0.6 is 23.4 Å². The average Bonchev–Trinajstić information content (AvgIpc) is 2.43. The van der Waals surface area contributed by atoms with E-state index in [1.807, 2.05) is 24.3 Å². The predicted octanol–water partition coefficient (Wildman–Crippen LogP) is 2.56. The van der Waals surface area contributed by atoms with Crippen molar-refractivity contribution < 1.29 is 15.0 Å². The van der Waals surface area contributed by atoms with Crippen molar-refractivity contribution in [2.75, 3.05) is 5.75 Å². The van der Waals surface area contributed by atoms with E-state index in [9.17, 15) is 15.0 Å². The van der Waals surface area contributed by atoms with Crippen LogP contribution in [0.5, 0.6) is 0 Å². The van der Waals surface area contributed by atoms with Crippen molar-refractivity contribution in [1.29, 1.82) is 0 Å². The van der Waals surface area contributed by atoms with Gasteiger partial charge in [0, 0.05) is 23.6 Å². The van der Waals surface area contributed by atoms with Gasteiger partial charge in [-0.05, 0) is 12.1 Å². The third-order valence-corrected chi connectivity index (χ3v) is 4.06. The summed E-state index contributed by atoms with van der Waals surface area (Å²) in [5.41, 5.74) is 1.09. The smallest absolute Gasteiger partial charge is 0.185 e. The number of rotatable bonds is 4. The molecule has 0 aliphatic carbocycles. The molecule has 0 aliphatic rings. The Morgan fingerprint density at radius 1 is 1.40 bits per heavy atom. The van der Waals surface area contributed by atoms with E-state index >= 15 is 0 Å². The highest BCUT2D eigenvalue weighted by Crippen LogP contribution is 2.28. The van der Waals surface area contributed by atoms with Crippen molar-refractivity contribution >= 4 is 39.4 Å². The monoisotopic (exact) mass is 311 g/mol. The average molecular weight is 312 g/mol. The molecule has 0 fully saturated rings. The third-order valence-electron chi connectivity index (χ3n) is 2.85. The lowest BCUT2D eigenvalue weighted by Crippen LogP contribution is -2.22. The number of aliphatic hydroxyl groups excluding tert-OH is 2. The van der Waals surface area contributed by atoms with Gasteiger partial charge in [0.05, 0.1) is 11.6 Å². The van der Waals surface area contributed by atoms with Crippen LogP contribution in [-0.2, 0) is 4.79 Å². The zero-order valence-corrected chi connectivity index (χ0v) is 12.4. The van der Waals surface area contributed by atoms with E-state index in [1.54, 1.807) is 6.07 Å². The van der Waals surface area contributed by atoms with Gasteiger partial charge in [0.2, 0.25) is 0 Å². The van der Waals surface area contributed by atoms with Crippen LogP contribution in [0.3, 0.4) is 0 Å². The van der Waals surface area contributed by atoms with Crippen LogP contribution < -0.4 is 0 Å². The van der Waals surface area contributed by atoms with Gasteiger partial charge >= 0.3 is 0 Å². The van der Waals surface area contributed by atoms with Crippen molar-refractivity contribution in [3.63, 3.8) is 0 Å². The Bertz CT molecular complexity index is 635. The van der Waals surface area contributed by atoms with E-state index in [4.69, 9.17) is 11.6 Å². The topological polar surface area (TPSA) is 70.4 Å². The SMILES string of the molecule is CC(=O)SCC(O)C(O)c1cc2ccccc2nc1Cl. The molecule has 0 radical (unpaired) electrons. The first-order valence-electron chi connectivity index (χ1n) is 6.03. The first-order chi connectivity index (χ1) is 9.49. The lowest BCUT2D eigenvalue weighted by atomic mass is 10.1. The molecule has 106 valence electrons. The number of pyridine rings is 1. The third kappa shape index (κ3) is 3.49. The summed E-state index contributed by atoms with van der Waals surface area (Å²) in [5.74, 6) is 0.111. The molecule has 0 bridgehead atoms. The normalized spacial score (nSPS) is 14.2. The van der Waals surface area contributed by atoms with E-state index in [0.29, 0.717) is 5.56 Å². The van der Waals surface area contributed by atoms with Gasteiger partial charge in [0.25, 0.3) is 0 Å². The Morgan fingerprint density at radius 2 is 2.10 bits per heavy atom. The molecule has 1 heterocycles. The molecule has 6 heteroatoms. The molecule has 1 aromatic carbocycles. The molecule has 2 N–H and O–H groups in total. The highest BCUT2D eigenvalue weighted by molar-refractivity contribution is 8.13. The summed E-state index contributed by atoms with van der Waals surface area (Å²) >= 11 is 7.01. The zero-order chi connectivity index (χ0) is 14.7. The Morgan fingerprint density at radius 3 is 2.80 bits per heavy atom. The predicted molar refractivity (Wildman–Crippen MR) is 80.9 cm³/mol. The fourth-order valence-electron chi connectivity index (χ4n) is 1.82. The van der Waals surface area contributed by atoms with Crippen LogP contribution in [0, 0.1) is 0 Å². The molecule has 0 saturated carbocycles.